The third-order valence-corrected chi connectivity index (χ3v) is 3.69. The van der Waals surface area contributed by atoms with Gasteiger partial charge in [0.15, 0.2) is 5.82 Å². The van der Waals surface area contributed by atoms with Gasteiger partial charge in [-0.1, -0.05) is 25.9 Å². The van der Waals surface area contributed by atoms with Crippen LogP contribution in [-0.4, -0.2) is 52.7 Å². The van der Waals surface area contributed by atoms with E-state index in [-0.39, 0.29) is 0 Å². The van der Waals surface area contributed by atoms with E-state index >= 15 is 0 Å². The van der Waals surface area contributed by atoms with Gasteiger partial charge in [0.2, 0.25) is 5.89 Å². The highest BCUT2D eigenvalue weighted by Crippen LogP contribution is 2.13. The zero-order valence-electron chi connectivity index (χ0n) is 14.2. The minimum atomic E-state index is -0.554. The first-order chi connectivity index (χ1) is 9.90. The lowest BCUT2D eigenvalue weighted by Gasteiger charge is -2.22. The summed E-state index contributed by atoms with van der Waals surface area (Å²) in [6.45, 7) is 16.4. The van der Waals surface area contributed by atoms with Crippen LogP contribution in [0.3, 0.4) is 0 Å². The van der Waals surface area contributed by atoms with E-state index in [1.165, 1.54) is 0 Å². The van der Waals surface area contributed by atoms with Crippen LogP contribution < -0.4 is 5.73 Å². The Morgan fingerprint density at radius 1 is 1.05 bits per heavy atom. The van der Waals surface area contributed by atoms with Crippen molar-refractivity contribution in [3.63, 3.8) is 0 Å². The topological polar surface area (TPSA) is 71.4 Å². The van der Waals surface area contributed by atoms with Crippen molar-refractivity contribution in [2.24, 2.45) is 5.73 Å². The van der Waals surface area contributed by atoms with Crippen molar-refractivity contribution < 1.29 is 4.52 Å². The molecule has 0 fully saturated rings. The summed E-state index contributed by atoms with van der Waals surface area (Å²) >= 11 is 0. The highest BCUT2D eigenvalue weighted by molar-refractivity contribution is 4.98. The monoisotopic (exact) mass is 297 g/mol. The predicted molar refractivity (Wildman–Crippen MR) is 84.9 cm³/mol. The molecule has 0 unspecified atom stereocenters. The smallest absolute Gasteiger partial charge is 0.240 e. The molecule has 0 amide bonds. The normalized spacial score (nSPS) is 12.6. The van der Waals surface area contributed by atoms with Crippen molar-refractivity contribution in [1.82, 2.24) is 19.9 Å². The van der Waals surface area contributed by atoms with Crippen LogP contribution in [0.1, 0.15) is 52.8 Å². The summed E-state index contributed by atoms with van der Waals surface area (Å²) in [5.74, 6) is 1.21. The number of rotatable bonds is 10. The van der Waals surface area contributed by atoms with Crippen LogP contribution in [0.25, 0.3) is 0 Å². The van der Waals surface area contributed by atoms with Crippen molar-refractivity contribution in [3.8, 4) is 0 Å². The van der Waals surface area contributed by atoms with E-state index < -0.39 is 5.54 Å². The first-order valence-electron chi connectivity index (χ1n) is 7.97. The van der Waals surface area contributed by atoms with Gasteiger partial charge < -0.3 is 15.2 Å². The van der Waals surface area contributed by atoms with Gasteiger partial charge >= 0.3 is 0 Å². The third kappa shape index (κ3) is 6.11. The molecule has 0 atom stereocenters. The van der Waals surface area contributed by atoms with E-state index in [1.54, 1.807) is 0 Å². The average Bonchev–Trinajstić information content (AvgIpc) is 2.91. The van der Waals surface area contributed by atoms with Gasteiger partial charge in [-0.15, -0.1) is 0 Å². The second kappa shape index (κ2) is 8.46. The SMILES string of the molecule is CCN(CC)CCCN(CC)Cc1nc(C(C)(C)N)no1. The van der Waals surface area contributed by atoms with Crippen molar-refractivity contribution >= 4 is 0 Å². The van der Waals surface area contributed by atoms with Gasteiger partial charge in [0.1, 0.15) is 0 Å². The van der Waals surface area contributed by atoms with Crippen LogP contribution in [0.5, 0.6) is 0 Å². The summed E-state index contributed by atoms with van der Waals surface area (Å²) in [7, 11) is 0. The van der Waals surface area contributed by atoms with Crippen molar-refractivity contribution in [2.75, 3.05) is 32.7 Å². The fraction of sp³-hybridized carbons (Fsp3) is 0.867. The molecule has 1 rings (SSSR count). The predicted octanol–water partition coefficient (Wildman–Crippen LogP) is 1.82. The Bertz CT molecular complexity index is 395. The maximum atomic E-state index is 5.97. The summed E-state index contributed by atoms with van der Waals surface area (Å²) in [6, 6.07) is 0. The Balaban J connectivity index is 2.45. The van der Waals surface area contributed by atoms with Crippen LogP contribution in [0.2, 0.25) is 0 Å². The third-order valence-electron chi connectivity index (χ3n) is 3.69. The number of hydrogen-bond donors (Lipinski definition) is 1. The molecule has 0 aromatic carbocycles. The second-order valence-electron chi connectivity index (χ2n) is 5.98. The maximum absolute atomic E-state index is 5.97. The molecule has 6 nitrogen and oxygen atoms in total. The van der Waals surface area contributed by atoms with E-state index in [2.05, 4.69) is 40.7 Å². The summed E-state index contributed by atoms with van der Waals surface area (Å²) < 4.78 is 5.30. The molecule has 0 aliphatic rings. The van der Waals surface area contributed by atoms with Gasteiger partial charge in [-0.2, -0.15) is 4.98 Å². The summed E-state index contributed by atoms with van der Waals surface area (Å²) in [6.07, 6.45) is 1.15. The van der Waals surface area contributed by atoms with Crippen LogP contribution >= 0.6 is 0 Å². The van der Waals surface area contributed by atoms with Gasteiger partial charge in [0.25, 0.3) is 0 Å². The Hall–Kier alpha value is -0.980. The molecule has 0 spiro atoms. The summed E-state index contributed by atoms with van der Waals surface area (Å²) in [5.41, 5.74) is 5.42. The minimum Gasteiger partial charge on any atom is -0.338 e. The van der Waals surface area contributed by atoms with Crippen molar-refractivity contribution in [2.45, 2.75) is 53.1 Å². The largest absolute Gasteiger partial charge is 0.338 e. The Labute approximate surface area is 128 Å². The first kappa shape index (κ1) is 18.1. The highest BCUT2D eigenvalue weighted by atomic mass is 16.5. The number of nitrogens with two attached hydrogens (primary N) is 1. The van der Waals surface area contributed by atoms with Crippen LogP contribution in [0.4, 0.5) is 0 Å². The average molecular weight is 297 g/mol. The molecule has 1 aromatic heterocycles. The van der Waals surface area contributed by atoms with Gasteiger partial charge in [-0.25, -0.2) is 0 Å². The lowest BCUT2D eigenvalue weighted by molar-refractivity contribution is 0.214. The van der Waals surface area contributed by atoms with E-state index in [0.717, 1.165) is 39.1 Å². The fourth-order valence-electron chi connectivity index (χ4n) is 2.18. The minimum absolute atomic E-state index is 0.554. The lowest BCUT2D eigenvalue weighted by atomic mass is 10.1. The molecule has 0 aliphatic carbocycles. The van der Waals surface area contributed by atoms with Crippen LogP contribution in [0.15, 0.2) is 4.52 Å². The van der Waals surface area contributed by atoms with E-state index in [4.69, 9.17) is 10.3 Å². The molecule has 2 N–H and O–H groups in total. The molecule has 6 heteroatoms. The Morgan fingerprint density at radius 3 is 2.10 bits per heavy atom. The zero-order chi connectivity index (χ0) is 15.9. The molecule has 0 saturated carbocycles. The molecular formula is C15H31N5O. The van der Waals surface area contributed by atoms with E-state index in [0.29, 0.717) is 18.3 Å². The molecule has 0 saturated heterocycles. The summed E-state index contributed by atoms with van der Waals surface area (Å²) in [5, 5.41) is 3.96. The number of hydrogen-bond acceptors (Lipinski definition) is 6. The molecule has 21 heavy (non-hydrogen) atoms. The van der Waals surface area contributed by atoms with E-state index in [1.807, 2.05) is 13.8 Å². The van der Waals surface area contributed by atoms with Gasteiger partial charge in [-0.05, 0) is 53.0 Å². The molecule has 1 heterocycles. The molecule has 1 aromatic rings. The van der Waals surface area contributed by atoms with Gasteiger partial charge in [-0.3, -0.25) is 4.90 Å². The number of nitrogens with zero attached hydrogens (tertiary/aromatic N) is 4. The molecular weight excluding hydrogens is 266 g/mol. The molecule has 0 aliphatic heterocycles. The molecule has 122 valence electrons. The van der Waals surface area contributed by atoms with E-state index in [9.17, 15) is 0 Å². The first-order valence-corrected chi connectivity index (χ1v) is 7.97. The standard InChI is InChI=1S/C15H31N5O/c1-6-19(7-2)10-9-11-20(8-3)12-13-17-14(18-21-13)15(4,5)16/h6-12,16H2,1-5H3. The Kier molecular flexibility index (Phi) is 7.28. The van der Waals surface area contributed by atoms with Crippen LogP contribution in [0, 0.1) is 0 Å². The maximum Gasteiger partial charge on any atom is 0.240 e. The van der Waals surface area contributed by atoms with Gasteiger partial charge in [0.05, 0.1) is 12.1 Å². The second-order valence-corrected chi connectivity index (χ2v) is 5.98. The Morgan fingerprint density at radius 2 is 1.62 bits per heavy atom. The summed E-state index contributed by atoms with van der Waals surface area (Å²) in [4.78, 5) is 9.15. The number of aromatic nitrogens is 2. The lowest BCUT2D eigenvalue weighted by Crippen LogP contribution is -2.31. The molecule has 0 bridgehead atoms. The quantitative estimate of drug-likeness (QED) is 0.710. The van der Waals surface area contributed by atoms with Crippen molar-refractivity contribution in [3.05, 3.63) is 11.7 Å². The van der Waals surface area contributed by atoms with Crippen molar-refractivity contribution in [1.29, 1.82) is 0 Å². The zero-order valence-corrected chi connectivity index (χ0v) is 14.2. The van der Waals surface area contributed by atoms with Crippen LogP contribution in [-0.2, 0) is 12.1 Å². The van der Waals surface area contributed by atoms with Gasteiger partial charge in [0, 0.05) is 0 Å². The molecule has 0 radical (unpaired) electrons. The fourth-order valence-corrected chi connectivity index (χ4v) is 2.18. The highest BCUT2D eigenvalue weighted by Gasteiger charge is 2.22.